The smallest absolute Gasteiger partial charge is 0.0596 e. The van der Waals surface area contributed by atoms with E-state index in [0.717, 1.165) is 31.1 Å². The molecule has 2 rings (SSSR count). The van der Waals surface area contributed by atoms with E-state index in [1.54, 1.807) is 0 Å². The number of rotatable bonds is 8. The summed E-state index contributed by atoms with van der Waals surface area (Å²) in [6.45, 7) is 8.63. The Labute approximate surface area is 117 Å². The van der Waals surface area contributed by atoms with Crippen LogP contribution in [0.5, 0.6) is 0 Å². The lowest BCUT2D eigenvalue weighted by Crippen LogP contribution is -2.35. The van der Waals surface area contributed by atoms with Gasteiger partial charge in [0.1, 0.15) is 0 Å². The maximum absolute atomic E-state index is 4.56. The van der Waals surface area contributed by atoms with Crippen LogP contribution in [0.1, 0.15) is 57.3 Å². The van der Waals surface area contributed by atoms with Gasteiger partial charge in [0.05, 0.1) is 5.69 Å². The zero-order valence-electron chi connectivity index (χ0n) is 12.8. The highest BCUT2D eigenvalue weighted by atomic mass is 15.3. The minimum absolute atomic E-state index is 0.631. The average Bonchev–Trinajstić information content (AvgIpc) is 2.70. The van der Waals surface area contributed by atoms with E-state index in [4.69, 9.17) is 0 Å². The summed E-state index contributed by atoms with van der Waals surface area (Å²) in [5.74, 6) is 0.966. The summed E-state index contributed by atoms with van der Waals surface area (Å²) < 4.78 is 2.16. The van der Waals surface area contributed by atoms with Crippen LogP contribution in [0.4, 0.5) is 0 Å². The maximum atomic E-state index is 4.56. The van der Waals surface area contributed by atoms with Crippen LogP contribution in [0, 0.1) is 12.8 Å². The predicted molar refractivity (Wildman–Crippen MR) is 80.4 cm³/mol. The number of aryl methyl sites for hydroxylation is 2. The van der Waals surface area contributed by atoms with Crippen molar-refractivity contribution in [1.82, 2.24) is 15.1 Å². The second-order valence-corrected chi connectivity index (χ2v) is 5.98. The summed E-state index contributed by atoms with van der Waals surface area (Å²) in [4.78, 5) is 0. The van der Waals surface area contributed by atoms with Crippen molar-refractivity contribution in [3.8, 4) is 0 Å². The lowest BCUT2D eigenvalue weighted by molar-refractivity contribution is 0.257. The molecule has 1 aliphatic carbocycles. The number of nitrogens with one attached hydrogen (secondary N) is 1. The van der Waals surface area contributed by atoms with Gasteiger partial charge in [-0.05, 0) is 45.2 Å². The monoisotopic (exact) mass is 263 g/mol. The summed E-state index contributed by atoms with van der Waals surface area (Å²) in [5.41, 5.74) is 2.54. The average molecular weight is 263 g/mol. The van der Waals surface area contributed by atoms with Crippen LogP contribution in [-0.2, 0) is 13.0 Å². The minimum atomic E-state index is 0.631. The molecule has 1 aromatic rings. The third-order valence-corrected chi connectivity index (χ3v) is 4.27. The molecule has 1 unspecified atom stereocenters. The van der Waals surface area contributed by atoms with E-state index in [0.29, 0.717) is 6.04 Å². The Morgan fingerprint density at radius 1 is 1.42 bits per heavy atom. The minimum Gasteiger partial charge on any atom is -0.314 e. The summed E-state index contributed by atoms with van der Waals surface area (Å²) >= 11 is 0. The van der Waals surface area contributed by atoms with Gasteiger partial charge in [-0.3, -0.25) is 4.68 Å². The van der Waals surface area contributed by atoms with Crippen molar-refractivity contribution in [1.29, 1.82) is 0 Å². The maximum Gasteiger partial charge on any atom is 0.0596 e. The van der Waals surface area contributed by atoms with Crippen molar-refractivity contribution in [3.63, 3.8) is 0 Å². The molecule has 0 amide bonds. The molecule has 1 fully saturated rings. The van der Waals surface area contributed by atoms with Gasteiger partial charge in [0, 0.05) is 24.7 Å². The molecule has 1 aromatic heterocycles. The third-order valence-electron chi connectivity index (χ3n) is 4.27. The first-order chi connectivity index (χ1) is 9.22. The Kier molecular flexibility index (Phi) is 5.44. The van der Waals surface area contributed by atoms with E-state index in [-0.39, 0.29) is 0 Å². The molecule has 19 heavy (non-hydrogen) atoms. The molecule has 108 valence electrons. The summed E-state index contributed by atoms with van der Waals surface area (Å²) in [7, 11) is 0. The third kappa shape index (κ3) is 4.07. The molecule has 3 nitrogen and oxygen atoms in total. The van der Waals surface area contributed by atoms with Crippen LogP contribution in [-0.4, -0.2) is 22.4 Å². The van der Waals surface area contributed by atoms with Gasteiger partial charge in [-0.25, -0.2) is 0 Å². The van der Waals surface area contributed by atoms with E-state index in [2.05, 4.69) is 41.9 Å². The lowest BCUT2D eigenvalue weighted by atomic mass is 9.80. The van der Waals surface area contributed by atoms with Crippen molar-refractivity contribution in [2.24, 2.45) is 5.92 Å². The van der Waals surface area contributed by atoms with Crippen molar-refractivity contribution in [2.75, 3.05) is 6.54 Å². The molecule has 0 saturated heterocycles. The fourth-order valence-electron chi connectivity index (χ4n) is 3.01. The number of nitrogens with zero attached hydrogens (tertiary/aromatic N) is 2. The first-order valence-electron chi connectivity index (χ1n) is 7.99. The topological polar surface area (TPSA) is 29.9 Å². The van der Waals surface area contributed by atoms with Crippen LogP contribution in [0.25, 0.3) is 0 Å². The van der Waals surface area contributed by atoms with E-state index in [1.165, 1.54) is 37.8 Å². The largest absolute Gasteiger partial charge is 0.314 e. The van der Waals surface area contributed by atoms with E-state index in [9.17, 15) is 0 Å². The van der Waals surface area contributed by atoms with Crippen molar-refractivity contribution in [3.05, 3.63) is 17.5 Å². The Bertz CT molecular complexity index is 379. The first-order valence-corrected chi connectivity index (χ1v) is 7.99. The van der Waals surface area contributed by atoms with Gasteiger partial charge in [0.25, 0.3) is 0 Å². The SMILES string of the molecule is CCCNC(Cc1cc(C)nn1CC)CC1CCC1. The van der Waals surface area contributed by atoms with Gasteiger partial charge < -0.3 is 5.32 Å². The van der Waals surface area contributed by atoms with E-state index in [1.807, 2.05) is 0 Å². The fourth-order valence-corrected chi connectivity index (χ4v) is 3.01. The molecule has 0 spiro atoms. The normalized spacial score (nSPS) is 17.4. The van der Waals surface area contributed by atoms with Crippen molar-refractivity contribution < 1.29 is 0 Å². The zero-order chi connectivity index (χ0) is 13.7. The molecule has 0 bridgehead atoms. The van der Waals surface area contributed by atoms with Crippen molar-refractivity contribution in [2.45, 2.75) is 71.9 Å². The number of hydrogen-bond donors (Lipinski definition) is 1. The second kappa shape index (κ2) is 7.09. The molecule has 0 aromatic carbocycles. The molecular formula is C16H29N3. The summed E-state index contributed by atoms with van der Waals surface area (Å²) in [6, 6.07) is 2.89. The summed E-state index contributed by atoms with van der Waals surface area (Å²) in [5, 5.41) is 8.30. The van der Waals surface area contributed by atoms with Crippen LogP contribution in [0.15, 0.2) is 6.07 Å². The van der Waals surface area contributed by atoms with Gasteiger partial charge in [-0.1, -0.05) is 26.2 Å². The first kappa shape index (κ1) is 14.6. The number of hydrogen-bond acceptors (Lipinski definition) is 2. The second-order valence-electron chi connectivity index (χ2n) is 5.98. The molecule has 1 aliphatic rings. The zero-order valence-corrected chi connectivity index (χ0v) is 12.8. The lowest BCUT2D eigenvalue weighted by Gasteiger charge is -2.30. The highest BCUT2D eigenvalue weighted by Gasteiger charge is 2.22. The Balaban J connectivity index is 1.96. The van der Waals surface area contributed by atoms with Crippen LogP contribution in [0.3, 0.4) is 0 Å². The van der Waals surface area contributed by atoms with E-state index >= 15 is 0 Å². The molecule has 1 atom stereocenters. The standard InChI is InChI=1S/C16H29N3/c1-4-9-17-15(11-14-7-6-8-14)12-16-10-13(3)18-19(16)5-2/h10,14-15,17H,4-9,11-12H2,1-3H3. The molecule has 0 radical (unpaired) electrons. The molecular weight excluding hydrogens is 234 g/mol. The number of aromatic nitrogens is 2. The molecule has 1 N–H and O–H groups in total. The van der Waals surface area contributed by atoms with Crippen LogP contribution >= 0.6 is 0 Å². The fraction of sp³-hybridized carbons (Fsp3) is 0.812. The van der Waals surface area contributed by atoms with Gasteiger partial charge in [0.2, 0.25) is 0 Å². The summed E-state index contributed by atoms with van der Waals surface area (Å²) in [6.07, 6.45) is 8.01. The van der Waals surface area contributed by atoms with Crippen molar-refractivity contribution >= 4 is 0 Å². The molecule has 3 heteroatoms. The predicted octanol–water partition coefficient (Wildman–Crippen LogP) is 3.31. The molecule has 0 aliphatic heterocycles. The van der Waals surface area contributed by atoms with Gasteiger partial charge >= 0.3 is 0 Å². The van der Waals surface area contributed by atoms with Crippen LogP contribution in [0.2, 0.25) is 0 Å². The van der Waals surface area contributed by atoms with Gasteiger partial charge in [0.15, 0.2) is 0 Å². The van der Waals surface area contributed by atoms with E-state index < -0.39 is 0 Å². The van der Waals surface area contributed by atoms with Gasteiger partial charge in [-0.15, -0.1) is 0 Å². The quantitative estimate of drug-likeness (QED) is 0.780. The molecule has 1 saturated carbocycles. The highest BCUT2D eigenvalue weighted by molar-refractivity contribution is 5.10. The Morgan fingerprint density at radius 2 is 2.21 bits per heavy atom. The van der Waals surface area contributed by atoms with Gasteiger partial charge in [-0.2, -0.15) is 5.10 Å². The Hall–Kier alpha value is -0.830. The highest BCUT2D eigenvalue weighted by Crippen LogP contribution is 2.31. The Morgan fingerprint density at radius 3 is 2.79 bits per heavy atom. The molecule has 1 heterocycles. The van der Waals surface area contributed by atoms with Crippen LogP contribution < -0.4 is 5.32 Å².